The number of nitrogens with one attached hydrogen (secondary N) is 1. The van der Waals surface area contributed by atoms with Crippen LogP contribution in [0.4, 0.5) is 10.1 Å². The van der Waals surface area contributed by atoms with Crippen LogP contribution in [0.5, 0.6) is 0 Å². The van der Waals surface area contributed by atoms with Gasteiger partial charge in [-0.15, -0.1) is 0 Å². The Hall–Kier alpha value is -3.72. The van der Waals surface area contributed by atoms with E-state index in [4.69, 9.17) is 0 Å². The molecule has 0 aliphatic carbocycles. The molecule has 2 amide bonds. The Morgan fingerprint density at radius 3 is 2.16 bits per heavy atom. The van der Waals surface area contributed by atoms with Crippen LogP contribution in [0.25, 0.3) is 0 Å². The number of anilines is 1. The minimum Gasteiger partial charge on any atom is -0.352 e. The fraction of sp³-hybridized carbons (Fsp3) is 0.286. The molecule has 9 heteroatoms. The number of halogens is 1. The fourth-order valence-corrected chi connectivity index (χ4v) is 5.29. The van der Waals surface area contributed by atoms with Crippen molar-refractivity contribution in [1.29, 1.82) is 0 Å². The summed E-state index contributed by atoms with van der Waals surface area (Å²) in [7, 11) is -4.18. The Bertz CT molecular complexity index is 1330. The van der Waals surface area contributed by atoms with Crippen LogP contribution in [-0.4, -0.2) is 43.8 Å². The Kier molecular flexibility index (Phi) is 9.04. The van der Waals surface area contributed by atoms with E-state index in [1.54, 1.807) is 25.1 Å². The second-order valence-electron chi connectivity index (χ2n) is 9.15. The third-order valence-corrected chi connectivity index (χ3v) is 7.55. The van der Waals surface area contributed by atoms with Gasteiger partial charge in [0.25, 0.3) is 10.0 Å². The van der Waals surface area contributed by atoms with Gasteiger partial charge in [-0.2, -0.15) is 0 Å². The molecule has 0 saturated heterocycles. The number of aryl methyl sites for hydroxylation is 1. The maximum atomic E-state index is 13.8. The van der Waals surface area contributed by atoms with Crippen LogP contribution >= 0.6 is 0 Å². The van der Waals surface area contributed by atoms with Gasteiger partial charge < -0.3 is 10.2 Å². The smallest absolute Gasteiger partial charge is 0.264 e. The SMILES string of the molecule is Cc1cccc(CN(C(=O)CN(c2ccc(F)cc2)S(=O)(=O)c2ccccc2)C(C)C(=O)NC(C)C)c1. The third kappa shape index (κ3) is 7.16. The highest BCUT2D eigenvalue weighted by Gasteiger charge is 2.32. The van der Waals surface area contributed by atoms with Crippen LogP contribution < -0.4 is 9.62 Å². The summed E-state index contributed by atoms with van der Waals surface area (Å²) >= 11 is 0. The van der Waals surface area contributed by atoms with Gasteiger partial charge in [0, 0.05) is 12.6 Å². The minimum absolute atomic E-state index is 0.0111. The van der Waals surface area contributed by atoms with E-state index in [0.29, 0.717) is 0 Å². The zero-order valence-electron chi connectivity index (χ0n) is 21.4. The average molecular weight is 526 g/mol. The summed E-state index contributed by atoms with van der Waals surface area (Å²) in [4.78, 5) is 28.0. The summed E-state index contributed by atoms with van der Waals surface area (Å²) in [6, 6.07) is 19.1. The predicted octanol–water partition coefficient (Wildman–Crippen LogP) is 4.27. The molecule has 0 aromatic heterocycles. The Morgan fingerprint density at radius 2 is 1.57 bits per heavy atom. The number of carbonyl (C=O) groups is 2. The van der Waals surface area contributed by atoms with Gasteiger partial charge in [-0.05, 0) is 69.7 Å². The lowest BCUT2D eigenvalue weighted by atomic mass is 10.1. The van der Waals surface area contributed by atoms with Crippen LogP contribution in [-0.2, 0) is 26.2 Å². The highest BCUT2D eigenvalue weighted by Crippen LogP contribution is 2.25. The fourth-order valence-electron chi connectivity index (χ4n) is 3.85. The molecular formula is C28H32FN3O4S. The molecule has 0 fully saturated rings. The molecule has 0 heterocycles. The third-order valence-electron chi connectivity index (χ3n) is 5.76. The predicted molar refractivity (Wildman–Crippen MR) is 142 cm³/mol. The van der Waals surface area contributed by atoms with E-state index in [1.165, 1.54) is 29.2 Å². The zero-order valence-corrected chi connectivity index (χ0v) is 22.2. The van der Waals surface area contributed by atoms with Gasteiger partial charge in [0.2, 0.25) is 11.8 Å². The summed E-state index contributed by atoms with van der Waals surface area (Å²) in [6.07, 6.45) is 0. The van der Waals surface area contributed by atoms with Crippen LogP contribution in [0.2, 0.25) is 0 Å². The monoisotopic (exact) mass is 525 g/mol. The molecule has 0 aliphatic heterocycles. The van der Waals surface area contributed by atoms with Gasteiger partial charge in [0.15, 0.2) is 0 Å². The summed E-state index contributed by atoms with van der Waals surface area (Å²) in [5.41, 5.74) is 1.92. The number of hydrogen-bond acceptors (Lipinski definition) is 4. The van der Waals surface area contributed by atoms with E-state index < -0.39 is 34.3 Å². The van der Waals surface area contributed by atoms with E-state index in [1.807, 2.05) is 45.0 Å². The number of hydrogen-bond donors (Lipinski definition) is 1. The summed E-state index contributed by atoms with van der Waals surface area (Å²) < 4.78 is 41.8. The Morgan fingerprint density at radius 1 is 0.919 bits per heavy atom. The maximum absolute atomic E-state index is 13.8. The van der Waals surface area contributed by atoms with Gasteiger partial charge in [-0.1, -0.05) is 48.0 Å². The molecule has 3 aromatic rings. The first-order valence-electron chi connectivity index (χ1n) is 12.0. The van der Waals surface area contributed by atoms with Gasteiger partial charge in [0.1, 0.15) is 18.4 Å². The van der Waals surface area contributed by atoms with Crippen molar-refractivity contribution in [3.63, 3.8) is 0 Å². The van der Waals surface area contributed by atoms with Crippen molar-refractivity contribution in [2.75, 3.05) is 10.8 Å². The summed E-state index contributed by atoms with van der Waals surface area (Å²) in [5.74, 6) is -1.46. The molecule has 3 aromatic carbocycles. The van der Waals surface area contributed by atoms with Crippen molar-refractivity contribution in [3.8, 4) is 0 Å². The number of amides is 2. The van der Waals surface area contributed by atoms with Crippen molar-refractivity contribution in [3.05, 3.63) is 95.8 Å². The Balaban J connectivity index is 2.01. The molecule has 7 nitrogen and oxygen atoms in total. The van der Waals surface area contributed by atoms with Gasteiger partial charge >= 0.3 is 0 Å². The lowest BCUT2D eigenvalue weighted by Gasteiger charge is -2.32. The number of nitrogens with zero attached hydrogens (tertiary/aromatic N) is 2. The van der Waals surface area contributed by atoms with Crippen LogP contribution in [0.15, 0.2) is 83.8 Å². The number of rotatable bonds is 10. The van der Waals surface area contributed by atoms with Crippen LogP contribution in [0.3, 0.4) is 0 Å². The lowest BCUT2D eigenvalue weighted by molar-refractivity contribution is -0.139. The molecule has 1 unspecified atom stereocenters. The maximum Gasteiger partial charge on any atom is 0.264 e. The molecule has 0 saturated carbocycles. The first-order valence-corrected chi connectivity index (χ1v) is 13.4. The van der Waals surface area contributed by atoms with Crippen LogP contribution in [0.1, 0.15) is 31.9 Å². The average Bonchev–Trinajstić information content (AvgIpc) is 2.86. The quantitative estimate of drug-likeness (QED) is 0.428. The van der Waals surface area contributed by atoms with Crippen molar-refractivity contribution >= 4 is 27.5 Å². The molecular weight excluding hydrogens is 493 g/mol. The minimum atomic E-state index is -4.18. The van der Waals surface area contributed by atoms with E-state index >= 15 is 0 Å². The molecule has 3 rings (SSSR count). The van der Waals surface area contributed by atoms with E-state index in [2.05, 4.69) is 5.32 Å². The summed E-state index contributed by atoms with van der Waals surface area (Å²) in [5, 5.41) is 2.82. The lowest BCUT2D eigenvalue weighted by Crippen LogP contribution is -2.52. The van der Waals surface area contributed by atoms with Crippen molar-refractivity contribution in [2.45, 2.75) is 51.2 Å². The highest BCUT2D eigenvalue weighted by atomic mass is 32.2. The second-order valence-corrected chi connectivity index (χ2v) is 11.0. The molecule has 0 bridgehead atoms. The first-order chi connectivity index (χ1) is 17.5. The van der Waals surface area contributed by atoms with E-state index in [0.717, 1.165) is 27.6 Å². The van der Waals surface area contributed by atoms with Gasteiger partial charge in [-0.3, -0.25) is 13.9 Å². The molecule has 1 atom stereocenters. The van der Waals surface area contributed by atoms with Crippen LogP contribution in [0, 0.1) is 12.7 Å². The normalized spacial score (nSPS) is 12.2. The second kappa shape index (κ2) is 12.0. The van der Waals surface area contributed by atoms with Crippen molar-refractivity contribution in [1.82, 2.24) is 10.2 Å². The topological polar surface area (TPSA) is 86.8 Å². The molecule has 196 valence electrons. The standard InChI is InChI=1S/C28H32FN3O4S/c1-20(2)30-28(34)22(4)31(18-23-10-8-9-21(3)17-23)27(33)19-32(25-15-13-24(29)14-16-25)37(35,36)26-11-6-5-7-12-26/h5-17,20,22H,18-19H2,1-4H3,(H,30,34). The molecule has 1 N–H and O–H groups in total. The van der Waals surface area contributed by atoms with E-state index in [-0.39, 0.29) is 29.1 Å². The Labute approximate surface area is 218 Å². The molecule has 0 spiro atoms. The molecule has 0 radical (unpaired) electrons. The van der Waals surface area contributed by atoms with E-state index in [9.17, 15) is 22.4 Å². The van der Waals surface area contributed by atoms with Crippen molar-refractivity contribution in [2.24, 2.45) is 0 Å². The number of carbonyl (C=O) groups excluding carboxylic acids is 2. The van der Waals surface area contributed by atoms with Crippen molar-refractivity contribution < 1.29 is 22.4 Å². The van der Waals surface area contributed by atoms with Gasteiger partial charge in [-0.25, -0.2) is 12.8 Å². The number of sulfonamides is 1. The molecule has 0 aliphatic rings. The highest BCUT2D eigenvalue weighted by molar-refractivity contribution is 7.92. The summed E-state index contributed by atoms with van der Waals surface area (Å²) in [6.45, 7) is 6.70. The molecule has 37 heavy (non-hydrogen) atoms. The van der Waals surface area contributed by atoms with Gasteiger partial charge in [0.05, 0.1) is 10.6 Å². The first kappa shape index (κ1) is 27.9. The zero-order chi connectivity index (χ0) is 27.2. The number of benzene rings is 3. The largest absolute Gasteiger partial charge is 0.352 e.